The molecule has 2 aromatic carbocycles. The summed E-state index contributed by atoms with van der Waals surface area (Å²) in [6.45, 7) is 5.31. The molecule has 1 aliphatic carbocycles. The van der Waals surface area contributed by atoms with Gasteiger partial charge in [-0.25, -0.2) is 0 Å². The van der Waals surface area contributed by atoms with Crippen LogP contribution in [-0.2, 0) is 0 Å². The number of para-hydroxylation sites is 1. The van der Waals surface area contributed by atoms with Crippen LogP contribution in [0.4, 0.5) is 5.69 Å². The summed E-state index contributed by atoms with van der Waals surface area (Å²) in [5.74, 6) is 0.987. The normalized spacial score (nSPS) is 23.5. The van der Waals surface area contributed by atoms with Gasteiger partial charge in [-0.05, 0) is 29.8 Å². The standard InChI is InChI=1S/C21H14N2O/c1-11-18-19(11)23-14-6-3-2-5-12(14)13-8-9-15-17(20(13)23)21-16(24-15)7-4-10-22(18)21/h2-9,18-19H,1,10H2. The van der Waals surface area contributed by atoms with Gasteiger partial charge in [0.15, 0.2) is 5.76 Å². The summed E-state index contributed by atoms with van der Waals surface area (Å²) < 4.78 is 8.69. The molecule has 0 saturated heterocycles. The van der Waals surface area contributed by atoms with Crippen LogP contribution >= 0.6 is 0 Å². The number of furan rings is 1. The van der Waals surface area contributed by atoms with E-state index in [-0.39, 0.29) is 0 Å². The number of benzene rings is 2. The highest BCUT2D eigenvalue weighted by atomic mass is 16.3. The van der Waals surface area contributed by atoms with Crippen LogP contribution in [0.15, 0.2) is 59.0 Å². The number of hydrogen-bond donors (Lipinski definition) is 0. The Morgan fingerprint density at radius 1 is 1.04 bits per heavy atom. The van der Waals surface area contributed by atoms with E-state index >= 15 is 0 Å². The predicted octanol–water partition coefficient (Wildman–Crippen LogP) is 4.87. The van der Waals surface area contributed by atoms with Crippen molar-refractivity contribution in [1.29, 1.82) is 0 Å². The number of nitrogens with zero attached hydrogens (tertiary/aromatic N) is 2. The van der Waals surface area contributed by atoms with Gasteiger partial charge < -0.3 is 13.9 Å². The first-order valence-electron chi connectivity index (χ1n) is 8.44. The Labute approximate surface area is 138 Å². The monoisotopic (exact) mass is 310 g/mol. The van der Waals surface area contributed by atoms with Crippen molar-refractivity contribution in [2.75, 3.05) is 11.4 Å². The van der Waals surface area contributed by atoms with Gasteiger partial charge in [0.25, 0.3) is 0 Å². The van der Waals surface area contributed by atoms with Gasteiger partial charge in [0.2, 0.25) is 0 Å². The van der Waals surface area contributed by atoms with Gasteiger partial charge in [0, 0.05) is 22.8 Å². The molecule has 0 amide bonds. The van der Waals surface area contributed by atoms with E-state index in [0.717, 1.165) is 17.9 Å². The van der Waals surface area contributed by atoms with Crippen molar-refractivity contribution in [2.24, 2.45) is 0 Å². The molecule has 0 radical (unpaired) electrons. The Hall–Kier alpha value is -2.94. The molecule has 1 fully saturated rings. The fraction of sp³-hybridized carbons (Fsp3) is 0.143. The highest BCUT2D eigenvalue weighted by molar-refractivity contribution is 6.22. The number of rotatable bonds is 0. The molecular weight excluding hydrogens is 296 g/mol. The minimum atomic E-state index is 0.366. The fourth-order valence-electron chi connectivity index (χ4n) is 4.94. The van der Waals surface area contributed by atoms with Crippen molar-refractivity contribution in [3.05, 3.63) is 60.4 Å². The van der Waals surface area contributed by atoms with Crippen LogP contribution < -0.4 is 4.90 Å². The van der Waals surface area contributed by atoms with E-state index in [4.69, 9.17) is 4.42 Å². The summed E-state index contributed by atoms with van der Waals surface area (Å²) in [6.07, 6.45) is 4.32. The molecule has 114 valence electrons. The topological polar surface area (TPSA) is 21.3 Å². The third-order valence-corrected chi connectivity index (χ3v) is 5.95. The molecule has 2 atom stereocenters. The molecule has 2 unspecified atom stereocenters. The van der Waals surface area contributed by atoms with Gasteiger partial charge >= 0.3 is 0 Å². The van der Waals surface area contributed by atoms with Gasteiger partial charge in [-0.1, -0.05) is 30.9 Å². The Morgan fingerprint density at radius 2 is 1.96 bits per heavy atom. The van der Waals surface area contributed by atoms with Gasteiger partial charge in [0.1, 0.15) is 5.58 Å². The zero-order valence-corrected chi connectivity index (χ0v) is 13.0. The summed E-state index contributed by atoms with van der Waals surface area (Å²) in [6, 6.07) is 13.8. The van der Waals surface area contributed by atoms with Crippen LogP contribution in [0.5, 0.6) is 0 Å². The summed E-state index contributed by atoms with van der Waals surface area (Å²) >= 11 is 0. The largest absolute Gasteiger partial charge is 0.454 e. The van der Waals surface area contributed by atoms with Gasteiger partial charge in [0.05, 0.1) is 28.7 Å². The Morgan fingerprint density at radius 3 is 2.92 bits per heavy atom. The van der Waals surface area contributed by atoms with Crippen LogP contribution in [0.3, 0.4) is 0 Å². The van der Waals surface area contributed by atoms with Crippen molar-refractivity contribution in [3.8, 4) is 0 Å². The molecule has 0 N–H and O–H groups in total. The molecule has 7 rings (SSSR count). The van der Waals surface area contributed by atoms with Gasteiger partial charge in [-0.2, -0.15) is 0 Å². The lowest BCUT2D eigenvalue weighted by Gasteiger charge is -2.24. The lowest BCUT2D eigenvalue weighted by atomic mass is 10.1. The third kappa shape index (κ3) is 1.05. The fourth-order valence-corrected chi connectivity index (χ4v) is 4.94. The number of anilines is 1. The van der Waals surface area contributed by atoms with E-state index < -0.39 is 0 Å². The molecule has 2 aliphatic heterocycles. The molecule has 2 aromatic heterocycles. The molecule has 24 heavy (non-hydrogen) atoms. The first kappa shape index (κ1) is 11.6. The minimum Gasteiger partial charge on any atom is -0.454 e. The quantitative estimate of drug-likeness (QED) is 0.432. The Bertz CT molecular complexity index is 1270. The number of hydrogen-bond acceptors (Lipinski definition) is 2. The van der Waals surface area contributed by atoms with E-state index in [1.165, 1.54) is 38.5 Å². The zero-order chi connectivity index (χ0) is 15.6. The molecule has 0 bridgehead atoms. The second-order valence-corrected chi connectivity index (χ2v) is 7.06. The highest BCUT2D eigenvalue weighted by Gasteiger charge is 2.52. The van der Waals surface area contributed by atoms with E-state index in [1.807, 2.05) is 0 Å². The second-order valence-electron chi connectivity index (χ2n) is 7.06. The van der Waals surface area contributed by atoms with E-state index in [9.17, 15) is 0 Å². The van der Waals surface area contributed by atoms with Crippen molar-refractivity contribution < 1.29 is 4.42 Å². The summed E-state index contributed by atoms with van der Waals surface area (Å²) in [5, 5.41) is 3.90. The van der Waals surface area contributed by atoms with Crippen LogP contribution in [0.1, 0.15) is 11.8 Å². The third-order valence-electron chi connectivity index (χ3n) is 5.95. The van der Waals surface area contributed by atoms with Crippen LogP contribution in [0.2, 0.25) is 0 Å². The smallest absolute Gasteiger partial charge is 0.151 e. The van der Waals surface area contributed by atoms with Crippen molar-refractivity contribution in [2.45, 2.75) is 12.1 Å². The Balaban J connectivity index is 1.84. The van der Waals surface area contributed by atoms with E-state index in [1.54, 1.807) is 0 Å². The maximum atomic E-state index is 6.18. The molecule has 3 nitrogen and oxygen atoms in total. The average molecular weight is 310 g/mol. The van der Waals surface area contributed by atoms with Crippen LogP contribution in [0, 0.1) is 0 Å². The first-order valence-corrected chi connectivity index (χ1v) is 8.44. The first-order chi connectivity index (χ1) is 11.8. The van der Waals surface area contributed by atoms with E-state index in [2.05, 4.69) is 64.6 Å². The van der Waals surface area contributed by atoms with Gasteiger partial charge in [-0.15, -0.1) is 0 Å². The minimum absolute atomic E-state index is 0.366. The SMILES string of the molecule is C=C1C2C1n1c3ccccc3c3ccc4oc5c(c4c31)N2CC=C5. The van der Waals surface area contributed by atoms with Crippen molar-refractivity contribution in [3.63, 3.8) is 0 Å². The summed E-state index contributed by atoms with van der Waals surface area (Å²) in [7, 11) is 0. The highest BCUT2D eigenvalue weighted by Crippen LogP contribution is 2.57. The summed E-state index contributed by atoms with van der Waals surface area (Å²) in [5.41, 5.74) is 6.16. The molecule has 0 spiro atoms. The number of aromatic nitrogens is 1. The molecule has 3 aliphatic rings. The lowest BCUT2D eigenvalue weighted by Crippen LogP contribution is -2.28. The lowest BCUT2D eigenvalue weighted by molar-refractivity contribution is 0.597. The number of fused-ring (bicyclic) bond motifs is 6. The average Bonchev–Trinajstić information content (AvgIpc) is 2.99. The maximum Gasteiger partial charge on any atom is 0.151 e. The zero-order valence-electron chi connectivity index (χ0n) is 13.0. The van der Waals surface area contributed by atoms with E-state index in [0.29, 0.717) is 12.1 Å². The second kappa shape index (κ2) is 3.44. The predicted molar refractivity (Wildman–Crippen MR) is 97.6 cm³/mol. The molecule has 3 heteroatoms. The Kier molecular flexibility index (Phi) is 1.66. The summed E-state index contributed by atoms with van der Waals surface area (Å²) in [4.78, 5) is 2.48. The molecule has 4 aromatic rings. The van der Waals surface area contributed by atoms with Crippen LogP contribution in [0.25, 0.3) is 38.9 Å². The van der Waals surface area contributed by atoms with Crippen molar-refractivity contribution in [1.82, 2.24) is 4.57 Å². The van der Waals surface area contributed by atoms with Crippen molar-refractivity contribution >= 4 is 44.5 Å². The maximum absolute atomic E-state index is 6.18. The van der Waals surface area contributed by atoms with Crippen LogP contribution in [-0.4, -0.2) is 17.2 Å². The molecular formula is C21H14N2O. The molecule has 1 saturated carbocycles. The molecule has 4 heterocycles. The van der Waals surface area contributed by atoms with Gasteiger partial charge in [-0.3, -0.25) is 0 Å².